The molecule has 1 heterocycles. The number of carboxylic acid groups (broad SMARTS) is 1. The first-order valence-electron chi connectivity index (χ1n) is 8.28. The molecule has 1 saturated heterocycles. The first-order chi connectivity index (χ1) is 11.5. The summed E-state index contributed by atoms with van der Waals surface area (Å²) in [6.07, 6.45) is 0.445. The number of nitrogens with one attached hydrogen (secondary N) is 1. The van der Waals surface area contributed by atoms with Crippen molar-refractivity contribution < 1.29 is 18.9 Å². The minimum absolute atomic E-state index is 0.196. The van der Waals surface area contributed by atoms with Gasteiger partial charge in [0.25, 0.3) is 0 Å². The molecule has 138 valence electrons. The Morgan fingerprint density at radius 1 is 1.36 bits per heavy atom. The highest BCUT2D eigenvalue weighted by Crippen LogP contribution is 2.30. The summed E-state index contributed by atoms with van der Waals surface area (Å²) >= 11 is 0. The third-order valence-electron chi connectivity index (χ3n) is 4.44. The minimum Gasteiger partial charge on any atom is -0.481 e. The molecule has 2 amide bonds. The van der Waals surface area contributed by atoms with Crippen molar-refractivity contribution >= 4 is 28.5 Å². The molecule has 1 aromatic rings. The number of aliphatic carboxylic acids is 1. The van der Waals surface area contributed by atoms with Crippen LogP contribution in [0.1, 0.15) is 39.7 Å². The van der Waals surface area contributed by atoms with E-state index < -0.39 is 22.2 Å². The van der Waals surface area contributed by atoms with Crippen LogP contribution in [0.3, 0.4) is 0 Å². The number of urea groups is 1. The van der Waals surface area contributed by atoms with Crippen LogP contribution in [0.25, 0.3) is 0 Å². The predicted molar refractivity (Wildman–Crippen MR) is 99.0 cm³/mol. The van der Waals surface area contributed by atoms with E-state index in [-0.39, 0.29) is 17.3 Å². The first-order valence-corrected chi connectivity index (χ1v) is 9.60. The maximum Gasteiger partial charge on any atom is 0.321 e. The van der Waals surface area contributed by atoms with Crippen LogP contribution in [0.2, 0.25) is 0 Å². The molecule has 0 saturated carbocycles. The Hall–Kier alpha value is -1.89. The van der Waals surface area contributed by atoms with Crippen molar-refractivity contribution in [1.82, 2.24) is 4.90 Å². The van der Waals surface area contributed by atoms with Crippen molar-refractivity contribution in [2.45, 2.75) is 44.6 Å². The molecule has 2 unspecified atom stereocenters. The van der Waals surface area contributed by atoms with E-state index in [4.69, 9.17) is 0 Å². The molecular weight excluding hydrogens is 340 g/mol. The topological polar surface area (TPSA) is 86.7 Å². The summed E-state index contributed by atoms with van der Waals surface area (Å²) in [4.78, 5) is 25.2. The number of amides is 2. The highest BCUT2D eigenvalue weighted by molar-refractivity contribution is 7.85. The number of hydrogen-bond donors (Lipinski definition) is 2. The van der Waals surface area contributed by atoms with E-state index in [0.717, 1.165) is 5.56 Å². The van der Waals surface area contributed by atoms with E-state index >= 15 is 0 Å². The molecule has 0 aliphatic carbocycles. The first kappa shape index (κ1) is 19.4. The van der Waals surface area contributed by atoms with Crippen molar-refractivity contribution in [3.05, 3.63) is 29.8 Å². The van der Waals surface area contributed by atoms with Crippen LogP contribution in [-0.4, -0.2) is 44.1 Å². The molecule has 0 aromatic heterocycles. The third-order valence-corrected chi connectivity index (χ3v) is 6.40. The van der Waals surface area contributed by atoms with Gasteiger partial charge in [0, 0.05) is 40.1 Å². The Morgan fingerprint density at radius 3 is 2.60 bits per heavy atom. The standard InChI is InChI=1S/C18H26N2O4S/c1-17(2,3)25(24)11-13-6-5-7-14(10-13)19-16(23)20-9-8-18(4,12-20)15(21)22/h5-7,10H,8-9,11-12H2,1-4H3,(H,19,23)(H,21,22). The number of rotatable bonds is 4. The lowest BCUT2D eigenvalue weighted by molar-refractivity contribution is -0.146. The van der Waals surface area contributed by atoms with Crippen LogP contribution in [0.5, 0.6) is 0 Å². The van der Waals surface area contributed by atoms with Crippen molar-refractivity contribution in [1.29, 1.82) is 0 Å². The molecule has 7 heteroatoms. The maximum atomic E-state index is 12.4. The van der Waals surface area contributed by atoms with Gasteiger partial charge < -0.3 is 15.3 Å². The van der Waals surface area contributed by atoms with Gasteiger partial charge in [-0.15, -0.1) is 0 Å². The zero-order chi connectivity index (χ0) is 18.8. The van der Waals surface area contributed by atoms with E-state index in [2.05, 4.69) is 5.32 Å². The van der Waals surface area contributed by atoms with Crippen molar-refractivity contribution in [3.63, 3.8) is 0 Å². The Kier molecular flexibility index (Phi) is 5.56. The monoisotopic (exact) mass is 366 g/mol. The molecule has 0 bridgehead atoms. The van der Waals surface area contributed by atoms with Gasteiger partial charge in [-0.2, -0.15) is 0 Å². The molecule has 1 aliphatic heterocycles. The normalized spacial score (nSPS) is 21.8. The van der Waals surface area contributed by atoms with Crippen molar-refractivity contribution in [2.24, 2.45) is 5.41 Å². The second-order valence-electron chi connectivity index (χ2n) is 7.77. The Bertz CT molecular complexity index is 699. The van der Waals surface area contributed by atoms with E-state index in [1.807, 2.05) is 39.0 Å². The average molecular weight is 366 g/mol. The lowest BCUT2D eigenvalue weighted by atomic mass is 9.90. The number of benzene rings is 1. The van der Waals surface area contributed by atoms with Gasteiger partial charge in [0.15, 0.2) is 0 Å². The molecule has 1 fully saturated rings. The van der Waals surface area contributed by atoms with E-state index in [0.29, 0.717) is 24.4 Å². The lowest BCUT2D eigenvalue weighted by Gasteiger charge is -2.21. The highest BCUT2D eigenvalue weighted by atomic mass is 32.2. The lowest BCUT2D eigenvalue weighted by Crippen LogP contribution is -2.37. The number of carbonyl (C=O) groups excluding carboxylic acids is 1. The molecule has 0 radical (unpaired) electrons. The van der Waals surface area contributed by atoms with Gasteiger partial charge in [-0.3, -0.25) is 9.00 Å². The van der Waals surface area contributed by atoms with Gasteiger partial charge in [-0.1, -0.05) is 12.1 Å². The zero-order valence-corrected chi connectivity index (χ0v) is 16.0. The minimum atomic E-state index is -1.02. The number of hydrogen-bond acceptors (Lipinski definition) is 3. The molecular formula is C18H26N2O4S. The molecule has 6 nitrogen and oxygen atoms in total. The van der Waals surface area contributed by atoms with E-state index in [1.54, 1.807) is 13.0 Å². The number of likely N-dealkylation sites (tertiary alicyclic amines) is 1. The molecule has 0 spiro atoms. The number of anilines is 1. The summed E-state index contributed by atoms with van der Waals surface area (Å²) in [6.45, 7) is 8.07. The fourth-order valence-electron chi connectivity index (χ4n) is 2.62. The van der Waals surface area contributed by atoms with Gasteiger partial charge >= 0.3 is 12.0 Å². The fourth-order valence-corrected chi connectivity index (χ4v) is 3.53. The zero-order valence-electron chi connectivity index (χ0n) is 15.2. The van der Waals surface area contributed by atoms with E-state index in [9.17, 15) is 18.9 Å². The molecule has 1 aromatic carbocycles. The second-order valence-corrected chi connectivity index (χ2v) is 9.97. The maximum absolute atomic E-state index is 12.4. The Labute approximate surface area is 151 Å². The Morgan fingerprint density at radius 2 is 2.04 bits per heavy atom. The SMILES string of the molecule is CC1(C(=O)O)CCN(C(=O)Nc2cccc(CS(=O)C(C)(C)C)c2)C1. The van der Waals surface area contributed by atoms with Gasteiger partial charge in [-0.05, 0) is 51.8 Å². The summed E-state index contributed by atoms with van der Waals surface area (Å²) in [5, 5.41) is 12.1. The summed E-state index contributed by atoms with van der Waals surface area (Å²) in [6, 6.07) is 6.98. The molecule has 2 N–H and O–H groups in total. The van der Waals surface area contributed by atoms with Gasteiger partial charge in [0.1, 0.15) is 0 Å². The summed E-state index contributed by atoms with van der Waals surface area (Å²) in [7, 11) is -1.02. The van der Waals surface area contributed by atoms with Gasteiger partial charge in [-0.25, -0.2) is 4.79 Å². The second kappa shape index (κ2) is 7.15. The molecule has 1 aliphatic rings. The van der Waals surface area contributed by atoms with Crippen LogP contribution in [0, 0.1) is 5.41 Å². The van der Waals surface area contributed by atoms with E-state index in [1.165, 1.54) is 4.90 Å². The number of nitrogens with zero attached hydrogens (tertiary/aromatic N) is 1. The van der Waals surface area contributed by atoms with Crippen molar-refractivity contribution in [3.8, 4) is 0 Å². The predicted octanol–water partition coefficient (Wildman–Crippen LogP) is 3.06. The largest absolute Gasteiger partial charge is 0.481 e. The van der Waals surface area contributed by atoms with Crippen molar-refractivity contribution in [2.75, 3.05) is 18.4 Å². The van der Waals surface area contributed by atoms with Crippen LogP contribution >= 0.6 is 0 Å². The van der Waals surface area contributed by atoms with Gasteiger partial charge in [0.2, 0.25) is 0 Å². The molecule has 25 heavy (non-hydrogen) atoms. The quantitative estimate of drug-likeness (QED) is 0.857. The number of carboxylic acids is 1. The molecule has 2 rings (SSSR count). The Balaban J connectivity index is 2.02. The smallest absolute Gasteiger partial charge is 0.321 e. The third kappa shape index (κ3) is 4.81. The van der Waals surface area contributed by atoms with Crippen LogP contribution in [0.4, 0.5) is 10.5 Å². The van der Waals surface area contributed by atoms with Crippen LogP contribution in [-0.2, 0) is 21.3 Å². The highest BCUT2D eigenvalue weighted by Gasteiger charge is 2.42. The number of carbonyl (C=O) groups is 2. The van der Waals surface area contributed by atoms with Crippen LogP contribution < -0.4 is 5.32 Å². The molecule has 2 atom stereocenters. The fraction of sp³-hybridized carbons (Fsp3) is 0.556. The summed E-state index contributed by atoms with van der Waals surface area (Å²) < 4.78 is 12.0. The van der Waals surface area contributed by atoms with Gasteiger partial charge in [0.05, 0.1) is 5.41 Å². The average Bonchev–Trinajstić information content (AvgIpc) is 2.91. The van der Waals surface area contributed by atoms with Crippen LogP contribution in [0.15, 0.2) is 24.3 Å². The summed E-state index contributed by atoms with van der Waals surface area (Å²) in [5.41, 5.74) is 0.628. The summed E-state index contributed by atoms with van der Waals surface area (Å²) in [5.74, 6) is -0.456.